The van der Waals surface area contributed by atoms with E-state index in [4.69, 9.17) is 5.73 Å². The summed E-state index contributed by atoms with van der Waals surface area (Å²) in [5, 5.41) is 12.4. The van der Waals surface area contributed by atoms with Crippen molar-refractivity contribution in [3.8, 4) is 0 Å². The molecule has 0 aliphatic heterocycles. The van der Waals surface area contributed by atoms with Crippen molar-refractivity contribution >= 4 is 40.2 Å². The molecule has 0 fully saturated rings. The maximum atomic E-state index is 12.6. The maximum Gasteiger partial charge on any atom is 0.326 e. The molecular weight excluding hydrogens is 394 g/mol. The number of aromatic amines is 2. The Morgan fingerprint density at radius 3 is 2.62 bits per heavy atom. The molecule has 2 atom stereocenters. The van der Waals surface area contributed by atoms with Crippen molar-refractivity contribution in [1.29, 1.82) is 0 Å². The van der Waals surface area contributed by atoms with Crippen molar-refractivity contribution in [2.45, 2.75) is 39.7 Å². The van der Waals surface area contributed by atoms with Crippen LogP contribution in [0.3, 0.4) is 0 Å². The van der Waals surface area contributed by atoms with E-state index < -0.39 is 23.3 Å². The van der Waals surface area contributed by atoms with Gasteiger partial charge in [-0.05, 0) is 23.1 Å². The van der Waals surface area contributed by atoms with E-state index in [1.165, 1.54) is 11.3 Å². The zero-order chi connectivity index (χ0) is 21.5. The quantitative estimate of drug-likeness (QED) is 0.429. The topological polar surface area (TPSA) is 154 Å². The fourth-order valence-electron chi connectivity index (χ4n) is 3.13. The number of hydrogen-bond acceptors (Lipinski definition) is 6. The van der Waals surface area contributed by atoms with Crippen LogP contribution in [0.15, 0.2) is 23.1 Å². The van der Waals surface area contributed by atoms with E-state index in [9.17, 15) is 19.5 Å². The molecule has 29 heavy (non-hydrogen) atoms. The summed E-state index contributed by atoms with van der Waals surface area (Å²) >= 11 is 1.25. The molecule has 9 nitrogen and oxygen atoms in total. The van der Waals surface area contributed by atoms with Crippen LogP contribution in [0.2, 0.25) is 0 Å². The number of nitrogens with zero attached hydrogens (tertiary/aromatic N) is 1. The normalized spacial score (nSPS) is 13.9. The number of carboxylic acids is 1. The van der Waals surface area contributed by atoms with Crippen LogP contribution in [0.25, 0.3) is 11.0 Å². The Kier molecular flexibility index (Phi) is 5.22. The number of carbonyl (C=O) groups excluding carboxylic acids is 1. The van der Waals surface area contributed by atoms with Crippen LogP contribution in [-0.4, -0.2) is 38.0 Å². The number of amides is 1. The predicted octanol–water partition coefficient (Wildman–Crippen LogP) is 2.28. The molecule has 3 aromatic heterocycles. The molecule has 0 aliphatic rings. The van der Waals surface area contributed by atoms with Crippen LogP contribution in [-0.2, 0) is 4.79 Å². The Balaban J connectivity index is 1.87. The number of H-pyrrole nitrogens is 2. The molecule has 1 amide bonds. The average molecular weight is 417 g/mol. The summed E-state index contributed by atoms with van der Waals surface area (Å²) in [4.78, 5) is 47.2. The van der Waals surface area contributed by atoms with Crippen LogP contribution in [0, 0.1) is 5.41 Å². The maximum absolute atomic E-state index is 12.6. The van der Waals surface area contributed by atoms with E-state index in [1.54, 1.807) is 39.1 Å². The lowest BCUT2D eigenvalue weighted by Crippen LogP contribution is -2.48. The zero-order valence-electron chi connectivity index (χ0n) is 16.5. The van der Waals surface area contributed by atoms with Gasteiger partial charge in [-0.2, -0.15) is 4.98 Å². The summed E-state index contributed by atoms with van der Waals surface area (Å²) in [7, 11) is 0. The summed E-state index contributed by atoms with van der Waals surface area (Å²) in [5.41, 5.74) is 5.75. The monoisotopic (exact) mass is 417 g/mol. The van der Waals surface area contributed by atoms with Crippen LogP contribution < -0.4 is 16.6 Å². The van der Waals surface area contributed by atoms with Crippen molar-refractivity contribution < 1.29 is 14.7 Å². The minimum absolute atomic E-state index is 0.0328. The molecule has 0 radical (unpaired) electrons. The minimum Gasteiger partial charge on any atom is -0.480 e. The molecule has 0 saturated carbocycles. The molecule has 3 heterocycles. The summed E-state index contributed by atoms with van der Waals surface area (Å²) in [5.74, 6) is -1.67. The number of thiophene rings is 1. The van der Waals surface area contributed by atoms with Gasteiger partial charge in [0.1, 0.15) is 11.7 Å². The average Bonchev–Trinajstić information content (AvgIpc) is 3.24. The third-order valence-corrected chi connectivity index (χ3v) is 5.99. The first kappa shape index (κ1) is 20.6. The van der Waals surface area contributed by atoms with Gasteiger partial charge in [0.25, 0.3) is 11.5 Å². The van der Waals surface area contributed by atoms with Gasteiger partial charge in [-0.1, -0.05) is 27.7 Å². The number of aliphatic carboxylic acids is 1. The number of anilines is 1. The van der Waals surface area contributed by atoms with E-state index in [0.29, 0.717) is 15.9 Å². The van der Waals surface area contributed by atoms with Gasteiger partial charge in [0.2, 0.25) is 5.95 Å². The van der Waals surface area contributed by atoms with E-state index >= 15 is 0 Å². The third-order valence-electron chi connectivity index (χ3n) is 4.72. The number of nitrogens with two attached hydrogens (primary N) is 1. The number of carboxylic acid groups (broad SMARTS) is 1. The molecule has 0 spiro atoms. The van der Waals surface area contributed by atoms with Crippen LogP contribution in [0.4, 0.5) is 5.95 Å². The number of fused-ring (bicyclic) bond motifs is 1. The molecule has 10 heteroatoms. The van der Waals surface area contributed by atoms with Crippen LogP contribution in [0.5, 0.6) is 0 Å². The Morgan fingerprint density at radius 2 is 2.00 bits per heavy atom. The highest BCUT2D eigenvalue weighted by Crippen LogP contribution is 2.33. The first-order chi connectivity index (χ1) is 13.5. The Bertz CT molecular complexity index is 1140. The van der Waals surface area contributed by atoms with Crippen LogP contribution >= 0.6 is 11.3 Å². The third kappa shape index (κ3) is 4.02. The van der Waals surface area contributed by atoms with Crippen LogP contribution in [0.1, 0.15) is 53.7 Å². The van der Waals surface area contributed by atoms with Crippen molar-refractivity contribution in [3.63, 3.8) is 0 Å². The van der Waals surface area contributed by atoms with Gasteiger partial charge >= 0.3 is 5.97 Å². The summed E-state index contributed by atoms with van der Waals surface area (Å²) < 4.78 is 0. The highest BCUT2D eigenvalue weighted by molar-refractivity contribution is 7.14. The van der Waals surface area contributed by atoms with Crippen molar-refractivity contribution in [2.75, 3.05) is 5.73 Å². The number of nitrogens with one attached hydrogen (secondary N) is 3. The Hall–Kier alpha value is -3.14. The zero-order valence-corrected chi connectivity index (χ0v) is 17.3. The van der Waals surface area contributed by atoms with Gasteiger partial charge < -0.3 is 21.1 Å². The molecule has 6 N–H and O–H groups in total. The second-order valence-corrected chi connectivity index (χ2v) is 9.07. The summed E-state index contributed by atoms with van der Waals surface area (Å²) in [6, 6.07) is 2.44. The van der Waals surface area contributed by atoms with E-state index in [-0.39, 0.29) is 17.4 Å². The molecule has 0 saturated heterocycles. The highest BCUT2D eigenvalue weighted by Gasteiger charge is 2.33. The molecule has 154 valence electrons. The van der Waals surface area contributed by atoms with Crippen molar-refractivity contribution in [2.24, 2.45) is 5.41 Å². The predicted molar refractivity (Wildman–Crippen MR) is 111 cm³/mol. The largest absolute Gasteiger partial charge is 0.480 e. The summed E-state index contributed by atoms with van der Waals surface area (Å²) in [6.45, 7) is 7.18. The van der Waals surface area contributed by atoms with E-state index in [0.717, 1.165) is 10.4 Å². The van der Waals surface area contributed by atoms with Crippen molar-refractivity contribution in [1.82, 2.24) is 20.3 Å². The second-order valence-electron chi connectivity index (χ2n) is 7.95. The molecular formula is C19H23N5O4S. The van der Waals surface area contributed by atoms with Gasteiger partial charge in [-0.25, -0.2) is 4.79 Å². The number of aromatic nitrogens is 3. The fraction of sp³-hybridized carbons (Fsp3) is 0.368. The van der Waals surface area contributed by atoms with Crippen molar-refractivity contribution in [3.05, 3.63) is 44.0 Å². The van der Waals surface area contributed by atoms with Gasteiger partial charge in [0, 0.05) is 17.0 Å². The van der Waals surface area contributed by atoms with Gasteiger partial charge in [0.15, 0.2) is 0 Å². The van der Waals surface area contributed by atoms with Gasteiger partial charge in [0.05, 0.1) is 10.3 Å². The molecule has 3 aromatic rings. The fourth-order valence-corrected chi connectivity index (χ4v) is 4.12. The Labute approximate surface area is 170 Å². The first-order valence-corrected chi connectivity index (χ1v) is 9.81. The molecule has 2 unspecified atom stereocenters. The van der Waals surface area contributed by atoms with E-state index in [1.807, 2.05) is 6.92 Å². The standard InChI is InChI=1S/C19H23N5O4S/c1-8(9-7-21-14-12(9)16(26)24-18(20)23-14)10-5-6-11(29-10)15(25)22-13(17(27)28)19(2,3)4/h5-8,13H,1-4H3,(H,22,25)(H,27,28)(H4,20,21,23,24,26). The Morgan fingerprint density at radius 1 is 1.31 bits per heavy atom. The molecule has 0 bridgehead atoms. The molecule has 0 aromatic carbocycles. The van der Waals surface area contributed by atoms with E-state index in [2.05, 4.69) is 20.3 Å². The summed E-state index contributed by atoms with van der Waals surface area (Å²) in [6.07, 6.45) is 1.70. The number of hydrogen-bond donors (Lipinski definition) is 5. The number of nitrogen functional groups attached to an aromatic ring is 1. The SMILES string of the molecule is CC(c1ccc(C(=O)NC(C(=O)O)C(C)(C)C)s1)c1c[nH]c2nc(N)[nH]c(=O)c12. The van der Waals surface area contributed by atoms with Gasteiger partial charge in [-0.15, -0.1) is 11.3 Å². The molecule has 3 rings (SSSR count). The van der Waals surface area contributed by atoms with Gasteiger partial charge in [-0.3, -0.25) is 14.6 Å². The lowest BCUT2D eigenvalue weighted by molar-refractivity contribution is -0.142. The lowest BCUT2D eigenvalue weighted by atomic mass is 9.87. The minimum atomic E-state index is -1.08. The lowest BCUT2D eigenvalue weighted by Gasteiger charge is -2.27. The number of carbonyl (C=O) groups is 2. The smallest absolute Gasteiger partial charge is 0.326 e. The number of rotatable bonds is 5. The second kappa shape index (κ2) is 7.36. The molecule has 0 aliphatic carbocycles. The first-order valence-electron chi connectivity index (χ1n) is 8.99. The highest BCUT2D eigenvalue weighted by atomic mass is 32.1.